The third-order valence-electron chi connectivity index (χ3n) is 2.16. The van der Waals surface area contributed by atoms with Crippen LogP contribution in [0.2, 0.25) is 0 Å². The molecule has 0 N–H and O–H groups in total. The van der Waals surface area contributed by atoms with Gasteiger partial charge in [-0.05, 0) is 18.6 Å². The molecule has 0 aromatic carbocycles. The number of ether oxygens (including phenoxy) is 3. The number of hydrogen-bond acceptors (Lipinski definition) is 6. The van der Waals surface area contributed by atoms with E-state index in [-0.39, 0.29) is 17.6 Å². The van der Waals surface area contributed by atoms with E-state index in [2.05, 4.69) is 0 Å². The molecule has 0 saturated carbocycles. The summed E-state index contributed by atoms with van der Waals surface area (Å²) in [6.45, 7) is 7.37. The Morgan fingerprint density at radius 3 is 2.21 bits per heavy atom. The van der Waals surface area contributed by atoms with Crippen molar-refractivity contribution in [2.24, 2.45) is 5.92 Å². The quantitative estimate of drug-likeness (QED) is 0.296. The molecule has 110 valence electrons. The first-order valence-electron chi connectivity index (χ1n) is 6.48. The third-order valence-corrected chi connectivity index (χ3v) is 2.54. The topological polar surface area (TPSA) is 61.8 Å². The van der Waals surface area contributed by atoms with E-state index in [0.29, 0.717) is 6.42 Å². The van der Waals surface area contributed by atoms with Crippen LogP contribution in [0.3, 0.4) is 0 Å². The molecular weight excluding hydrogens is 268 g/mol. The highest BCUT2D eigenvalue weighted by Gasteiger charge is 2.28. The summed E-state index contributed by atoms with van der Waals surface area (Å²) < 4.78 is 15.1. The minimum atomic E-state index is -1.40. The molecule has 0 aromatic heterocycles. The van der Waals surface area contributed by atoms with Gasteiger partial charge in [0.25, 0.3) is 0 Å². The van der Waals surface area contributed by atoms with Crippen LogP contribution in [-0.2, 0) is 23.8 Å². The predicted molar refractivity (Wildman–Crippen MR) is 74.6 cm³/mol. The number of esters is 2. The highest BCUT2D eigenvalue weighted by Crippen LogP contribution is 2.07. The standard InChI is InChI=1S/C13H22O5S/c1-5-7-8-16-12(15)13(17-10(19)6-2)18-11(14)9(3)4/h9,13H,5-8H2,1-4H3. The summed E-state index contributed by atoms with van der Waals surface area (Å²) in [4.78, 5) is 23.2. The van der Waals surface area contributed by atoms with Gasteiger partial charge in [-0.3, -0.25) is 4.79 Å². The van der Waals surface area contributed by atoms with Crippen molar-refractivity contribution < 1.29 is 23.8 Å². The summed E-state index contributed by atoms with van der Waals surface area (Å²) in [7, 11) is 0. The Balaban J connectivity index is 4.51. The molecule has 0 aliphatic heterocycles. The molecule has 0 bridgehead atoms. The lowest BCUT2D eigenvalue weighted by Crippen LogP contribution is -2.34. The molecule has 0 amide bonds. The highest BCUT2D eigenvalue weighted by atomic mass is 32.1. The molecule has 19 heavy (non-hydrogen) atoms. The zero-order valence-electron chi connectivity index (χ0n) is 11.9. The SMILES string of the molecule is CCCCOC(=O)C(OC(=O)C(C)C)OC(=S)CC. The molecule has 0 rings (SSSR count). The molecule has 6 heteroatoms. The van der Waals surface area contributed by atoms with Crippen LogP contribution in [0.15, 0.2) is 0 Å². The molecule has 5 nitrogen and oxygen atoms in total. The van der Waals surface area contributed by atoms with Crippen LogP contribution in [0, 0.1) is 5.92 Å². The largest absolute Gasteiger partial charge is 0.460 e. The Hall–Kier alpha value is -1.17. The Labute approximate surface area is 119 Å². The average molecular weight is 290 g/mol. The molecule has 0 saturated heterocycles. The van der Waals surface area contributed by atoms with Crippen LogP contribution in [0.1, 0.15) is 47.0 Å². The summed E-state index contributed by atoms with van der Waals surface area (Å²) >= 11 is 4.88. The molecule has 0 aromatic rings. The smallest absolute Gasteiger partial charge is 0.389 e. The molecule has 0 radical (unpaired) electrons. The molecule has 0 fully saturated rings. The molecule has 0 spiro atoms. The monoisotopic (exact) mass is 290 g/mol. The van der Waals surface area contributed by atoms with Crippen LogP contribution in [0.25, 0.3) is 0 Å². The molecule has 0 aliphatic carbocycles. The van der Waals surface area contributed by atoms with Gasteiger partial charge in [0.1, 0.15) is 0 Å². The normalized spacial score (nSPS) is 11.8. The Morgan fingerprint density at radius 2 is 1.74 bits per heavy atom. The first-order valence-corrected chi connectivity index (χ1v) is 6.89. The van der Waals surface area contributed by atoms with Crippen molar-refractivity contribution in [1.82, 2.24) is 0 Å². The summed E-state index contributed by atoms with van der Waals surface area (Å²) in [5, 5.41) is 0.203. The van der Waals surface area contributed by atoms with Crippen LogP contribution >= 0.6 is 12.2 Å². The maximum absolute atomic E-state index is 11.7. The zero-order chi connectivity index (χ0) is 14.8. The highest BCUT2D eigenvalue weighted by molar-refractivity contribution is 7.80. The maximum atomic E-state index is 11.7. The van der Waals surface area contributed by atoms with Crippen molar-refractivity contribution in [3.05, 3.63) is 0 Å². The predicted octanol–water partition coefficient (Wildman–Crippen LogP) is 2.61. The summed E-state index contributed by atoms with van der Waals surface area (Å²) in [5.74, 6) is -1.61. The number of hydrogen-bond donors (Lipinski definition) is 0. The van der Waals surface area contributed by atoms with E-state index in [9.17, 15) is 9.59 Å². The van der Waals surface area contributed by atoms with E-state index in [1.165, 1.54) is 0 Å². The van der Waals surface area contributed by atoms with Gasteiger partial charge in [-0.2, -0.15) is 0 Å². The second-order valence-electron chi connectivity index (χ2n) is 4.29. The fourth-order valence-electron chi connectivity index (χ4n) is 0.950. The number of carbonyl (C=O) groups is 2. The van der Waals surface area contributed by atoms with E-state index < -0.39 is 18.2 Å². The Kier molecular flexibility index (Phi) is 9.12. The Morgan fingerprint density at radius 1 is 1.11 bits per heavy atom. The lowest BCUT2D eigenvalue weighted by Gasteiger charge is -2.19. The van der Waals surface area contributed by atoms with Crippen molar-refractivity contribution >= 4 is 29.2 Å². The maximum Gasteiger partial charge on any atom is 0.389 e. The molecule has 0 aliphatic rings. The van der Waals surface area contributed by atoms with Crippen molar-refractivity contribution in [3.63, 3.8) is 0 Å². The minimum absolute atomic E-state index is 0.203. The molecular formula is C13H22O5S. The third kappa shape index (κ3) is 7.77. The van der Waals surface area contributed by atoms with Crippen molar-refractivity contribution in [2.45, 2.75) is 53.2 Å². The number of thiocarbonyl (C=S) groups is 1. The summed E-state index contributed by atoms with van der Waals surface area (Å²) in [5.41, 5.74) is 0. The van der Waals surface area contributed by atoms with Gasteiger partial charge in [0.15, 0.2) is 5.05 Å². The lowest BCUT2D eigenvalue weighted by molar-refractivity contribution is -0.190. The first kappa shape index (κ1) is 17.8. The lowest BCUT2D eigenvalue weighted by atomic mass is 10.2. The van der Waals surface area contributed by atoms with Gasteiger partial charge >= 0.3 is 18.2 Å². The number of carbonyl (C=O) groups excluding carboxylic acids is 2. The van der Waals surface area contributed by atoms with Gasteiger partial charge in [0.2, 0.25) is 0 Å². The second-order valence-corrected chi connectivity index (χ2v) is 4.74. The van der Waals surface area contributed by atoms with E-state index >= 15 is 0 Å². The van der Waals surface area contributed by atoms with Gasteiger partial charge in [-0.25, -0.2) is 4.79 Å². The minimum Gasteiger partial charge on any atom is -0.460 e. The van der Waals surface area contributed by atoms with Gasteiger partial charge in [0.05, 0.1) is 12.5 Å². The fraction of sp³-hybridized carbons (Fsp3) is 0.769. The van der Waals surface area contributed by atoms with Crippen LogP contribution in [0.5, 0.6) is 0 Å². The second kappa shape index (κ2) is 9.72. The molecule has 1 atom stereocenters. The average Bonchev–Trinajstić information content (AvgIpc) is 2.37. The molecule has 0 heterocycles. The van der Waals surface area contributed by atoms with Gasteiger partial charge in [-0.15, -0.1) is 0 Å². The van der Waals surface area contributed by atoms with Gasteiger partial charge in [0, 0.05) is 6.42 Å². The van der Waals surface area contributed by atoms with E-state index in [4.69, 9.17) is 26.4 Å². The van der Waals surface area contributed by atoms with Crippen molar-refractivity contribution in [3.8, 4) is 0 Å². The van der Waals surface area contributed by atoms with Crippen LogP contribution in [-0.4, -0.2) is 29.9 Å². The first-order chi connectivity index (χ1) is 8.92. The van der Waals surface area contributed by atoms with Crippen LogP contribution < -0.4 is 0 Å². The van der Waals surface area contributed by atoms with E-state index in [1.54, 1.807) is 20.8 Å². The molecule has 1 unspecified atom stereocenters. The van der Waals surface area contributed by atoms with Crippen LogP contribution in [0.4, 0.5) is 0 Å². The van der Waals surface area contributed by atoms with Gasteiger partial charge < -0.3 is 14.2 Å². The fourth-order valence-corrected chi connectivity index (χ4v) is 1.04. The van der Waals surface area contributed by atoms with E-state index in [0.717, 1.165) is 12.8 Å². The van der Waals surface area contributed by atoms with Gasteiger partial charge in [-0.1, -0.05) is 34.1 Å². The number of rotatable bonds is 8. The van der Waals surface area contributed by atoms with Crippen molar-refractivity contribution in [1.29, 1.82) is 0 Å². The zero-order valence-corrected chi connectivity index (χ0v) is 12.7. The van der Waals surface area contributed by atoms with Crippen molar-refractivity contribution in [2.75, 3.05) is 6.61 Å². The van der Waals surface area contributed by atoms with E-state index in [1.807, 2.05) is 6.92 Å². The number of unbranched alkanes of at least 4 members (excludes halogenated alkanes) is 1. The summed E-state index contributed by atoms with van der Waals surface area (Å²) in [6, 6.07) is 0. The summed E-state index contributed by atoms with van der Waals surface area (Å²) in [6.07, 6.45) is 0.694. The Bertz CT molecular complexity index is 314.